The van der Waals surface area contributed by atoms with Crippen LogP contribution in [-0.2, 0) is 11.8 Å². The topological polar surface area (TPSA) is 20.2 Å². The van der Waals surface area contributed by atoms with Crippen LogP contribution < -0.4 is 12.4 Å². The van der Waals surface area contributed by atoms with E-state index in [4.69, 9.17) is 0 Å². The van der Waals surface area contributed by atoms with Gasteiger partial charge in [0, 0.05) is 17.9 Å². The van der Waals surface area contributed by atoms with Crippen LogP contribution in [0.15, 0.2) is 36.4 Å². The molecule has 3 heteroatoms. The van der Waals surface area contributed by atoms with E-state index in [-0.39, 0.29) is 12.4 Å². The Labute approximate surface area is 112 Å². The third-order valence-electron chi connectivity index (χ3n) is 3.34. The number of rotatable bonds is 1. The maximum absolute atomic E-state index is 10.1. The Bertz CT molecular complexity index is 521. The average Bonchev–Trinajstić information content (AvgIpc) is 2.82. The zero-order valence-corrected chi connectivity index (χ0v) is 11.1. The Balaban J connectivity index is 0.00000108. The van der Waals surface area contributed by atoms with Crippen molar-refractivity contribution in [1.29, 1.82) is 0 Å². The number of aromatic hydroxyl groups is 1. The molecule has 1 aliphatic heterocycles. The van der Waals surface area contributed by atoms with Gasteiger partial charge in [-0.1, -0.05) is 30.3 Å². The molecule has 0 radical (unpaired) electrons. The van der Waals surface area contributed by atoms with Gasteiger partial charge in [-0.25, -0.2) is 0 Å². The molecule has 0 amide bonds. The first-order chi connectivity index (χ1) is 7.86. The molecule has 90 valence electrons. The maximum Gasteiger partial charge on any atom is 0.119 e. The van der Waals surface area contributed by atoms with Crippen molar-refractivity contribution >= 4 is 22.5 Å². The average molecular weight is 267 g/mol. The zero-order valence-electron chi connectivity index (χ0n) is 9.44. The third kappa shape index (κ3) is 2.24. The summed E-state index contributed by atoms with van der Waals surface area (Å²) in [7, 11) is 0. The van der Waals surface area contributed by atoms with Crippen LogP contribution in [0.4, 0.5) is 0 Å². The fourth-order valence-corrected chi connectivity index (χ4v) is 3.89. The fraction of sp³-hybridized carbons (Fsp3) is 0.286. The second-order valence-electron chi connectivity index (χ2n) is 4.33. The van der Waals surface area contributed by atoms with E-state index in [1.165, 1.54) is 46.0 Å². The monoisotopic (exact) mass is 266 g/mol. The highest BCUT2D eigenvalue weighted by Gasteiger charge is 2.27. The number of hydrogen-bond acceptors (Lipinski definition) is 1. The number of fused-ring (bicyclic) bond motifs is 1. The first kappa shape index (κ1) is 12.6. The number of benzene rings is 2. The van der Waals surface area contributed by atoms with E-state index in [1.54, 1.807) is 0 Å². The summed E-state index contributed by atoms with van der Waals surface area (Å²) in [5, 5.41) is 12.5. The SMILES string of the molecule is Oc1ccc2ccccc2c1C1CC[SH+]C1.[Cl-]. The molecule has 0 saturated carbocycles. The number of hydrogen-bond donors (Lipinski definition) is 1. The predicted octanol–water partition coefficient (Wildman–Crippen LogP) is -0.148. The zero-order chi connectivity index (χ0) is 11.0. The van der Waals surface area contributed by atoms with Crippen molar-refractivity contribution in [3.63, 3.8) is 0 Å². The third-order valence-corrected chi connectivity index (χ3v) is 4.61. The minimum Gasteiger partial charge on any atom is -1.00 e. The molecule has 2 aromatic rings. The van der Waals surface area contributed by atoms with Crippen LogP contribution in [-0.4, -0.2) is 16.6 Å². The van der Waals surface area contributed by atoms with Gasteiger partial charge in [0.15, 0.2) is 0 Å². The van der Waals surface area contributed by atoms with Crippen molar-refractivity contribution in [2.24, 2.45) is 0 Å². The van der Waals surface area contributed by atoms with Gasteiger partial charge < -0.3 is 17.5 Å². The van der Waals surface area contributed by atoms with Gasteiger partial charge in [0.2, 0.25) is 0 Å². The largest absolute Gasteiger partial charge is 1.00 e. The molecule has 1 saturated heterocycles. The van der Waals surface area contributed by atoms with E-state index < -0.39 is 0 Å². The molecular formula is C14H15ClOS. The molecule has 2 aromatic carbocycles. The van der Waals surface area contributed by atoms with Gasteiger partial charge in [0.25, 0.3) is 0 Å². The number of phenols is 1. The smallest absolute Gasteiger partial charge is 0.119 e. The molecule has 0 aliphatic carbocycles. The van der Waals surface area contributed by atoms with Crippen LogP contribution in [0.25, 0.3) is 10.8 Å². The van der Waals surface area contributed by atoms with Crippen molar-refractivity contribution < 1.29 is 17.5 Å². The number of halogens is 1. The quantitative estimate of drug-likeness (QED) is 0.562. The summed E-state index contributed by atoms with van der Waals surface area (Å²) in [6, 6.07) is 12.2. The van der Waals surface area contributed by atoms with Crippen molar-refractivity contribution in [3.05, 3.63) is 42.0 Å². The molecule has 1 heterocycles. The van der Waals surface area contributed by atoms with Crippen LogP contribution in [0.3, 0.4) is 0 Å². The van der Waals surface area contributed by atoms with Crippen molar-refractivity contribution in [2.75, 3.05) is 11.5 Å². The molecule has 0 bridgehead atoms. The van der Waals surface area contributed by atoms with Crippen LogP contribution in [0.1, 0.15) is 17.9 Å². The summed E-state index contributed by atoms with van der Waals surface area (Å²) in [6.07, 6.45) is 1.21. The molecule has 0 aromatic heterocycles. The van der Waals surface area contributed by atoms with Crippen LogP contribution in [0, 0.1) is 0 Å². The second-order valence-corrected chi connectivity index (χ2v) is 5.59. The van der Waals surface area contributed by atoms with Crippen LogP contribution in [0.5, 0.6) is 5.75 Å². The summed E-state index contributed by atoms with van der Waals surface area (Å²) in [6.45, 7) is 0. The Morgan fingerprint density at radius 2 is 1.94 bits per heavy atom. The highest BCUT2D eigenvalue weighted by Crippen LogP contribution is 2.37. The Hall–Kier alpha value is -0.860. The maximum atomic E-state index is 10.1. The van der Waals surface area contributed by atoms with Crippen molar-refractivity contribution in [3.8, 4) is 5.75 Å². The van der Waals surface area contributed by atoms with Crippen molar-refractivity contribution in [1.82, 2.24) is 0 Å². The van der Waals surface area contributed by atoms with E-state index in [2.05, 4.69) is 24.3 Å². The molecule has 1 nitrogen and oxygen atoms in total. The number of phenolic OH excluding ortho intramolecular Hbond substituents is 1. The van der Waals surface area contributed by atoms with Gasteiger partial charge in [-0.3, -0.25) is 0 Å². The minimum absolute atomic E-state index is 0. The molecule has 1 atom stereocenters. The van der Waals surface area contributed by atoms with E-state index >= 15 is 0 Å². The van der Waals surface area contributed by atoms with Crippen molar-refractivity contribution in [2.45, 2.75) is 12.3 Å². The van der Waals surface area contributed by atoms with E-state index in [0.717, 1.165) is 0 Å². The van der Waals surface area contributed by atoms with Gasteiger partial charge >= 0.3 is 0 Å². The lowest BCUT2D eigenvalue weighted by Crippen LogP contribution is -3.00. The van der Waals surface area contributed by atoms with Gasteiger partial charge in [0.05, 0.1) is 0 Å². The predicted molar refractivity (Wildman–Crippen MR) is 71.5 cm³/mol. The Kier molecular flexibility index (Phi) is 3.85. The first-order valence-corrected chi connectivity index (χ1v) is 6.96. The molecular weight excluding hydrogens is 252 g/mol. The first-order valence-electron chi connectivity index (χ1n) is 5.70. The molecule has 1 aliphatic rings. The highest BCUT2D eigenvalue weighted by atomic mass is 35.5. The van der Waals surface area contributed by atoms with E-state index in [1.807, 2.05) is 12.1 Å². The lowest BCUT2D eigenvalue weighted by atomic mass is 9.92. The van der Waals surface area contributed by atoms with Crippen LogP contribution in [0.2, 0.25) is 0 Å². The summed E-state index contributed by atoms with van der Waals surface area (Å²) in [4.78, 5) is 0. The highest BCUT2D eigenvalue weighted by molar-refractivity contribution is 7.78. The summed E-state index contributed by atoms with van der Waals surface area (Å²) < 4.78 is 0. The molecule has 1 unspecified atom stereocenters. The van der Waals surface area contributed by atoms with E-state index in [9.17, 15) is 5.11 Å². The van der Waals surface area contributed by atoms with Gasteiger partial charge in [-0.2, -0.15) is 0 Å². The summed E-state index contributed by atoms with van der Waals surface area (Å²) in [5.74, 6) is 3.49. The lowest BCUT2D eigenvalue weighted by molar-refractivity contribution is -0.00000411. The fourth-order valence-electron chi connectivity index (χ4n) is 2.53. The molecule has 0 spiro atoms. The summed E-state index contributed by atoms with van der Waals surface area (Å²) in [5.41, 5.74) is 1.17. The molecule has 3 rings (SSSR count). The van der Waals surface area contributed by atoms with Gasteiger partial charge in [0.1, 0.15) is 17.3 Å². The van der Waals surface area contributed by atoms with Gasteiger partial charge in [-0.15, -0.1) is 0 Å². The lowest BCUT2D eigenvalue weighted by Gasteiger charge is -2.12. The normalized spacial score (nSPS) is 19.2. The van der Waals surface area contributed by atoms with E-state index in [0.29, 0.717) is 11.7 Å². The van der Waals surface area contributed by atoms with Crippen LogP contribution >= 0.6 is 0 Å². The standard InChI is InChI=1S/C14H14OS.ClH/c15-13-6-5-10-3-1-2-4-12(10)14(13)11-7-8-16-9-11;/h1-6,11,15H,7-9H2;1H. The minimum atomic E-state index is 0. The molecule has 1 fully saturated rings. The summed E-state index contributed by atoms with van der Waals surface area (Å²) >= 11 is 1.53. The molecule has 1 N–H and O–H groups in total. The Morgan fingerprint density at radius 1 is 1.12 bits per heavy atom. The molecule has 17 heavy (non-hydrogen) atoms. The van der Waals surface area contributed by atoms with Gasteiger partial charge in [-0.05, 0) is 28.6 Å². The second kappa shape index (κ2) is 5.19. The number of thiol groups is 1. The Morgan fingerprint density at radius 3 is 2.71 bits per heavy atom.